The highest BCUT2D eigenvalue weighted by Crippen LogP contribution is 2.24. The summed E-state index contributed by atoms with van der Waals surface area (Å²) >= 11 is 3.45. The Kier molecular flexibility index (Phi) is 5.76. The van der Waals surface area contributed by atoms with Gasteiger partial charge in [-0.25, -0.2) is 0 Å². The Morgan fingerprint density at radius 2 is 1.63 bits per heavy atom. The zero-order chi connectivity index (χ0) is 19.4. The monoisotopic (exact) mass is 426 g/mol. The van der Waals surface area contributed by atoms with Crippen LogP contribution in [-0.4, -0.2) is 37.4 Å². The topological polar surface area (TPSA) is 58.6 Å². The van der Waals surface area contributed by atoms with E-state index in [9.17, 15) is 9.59 Å². The zero-order valence-electron chi connectivity index (χ0n) is 15.0. The molecule has 3 aromatic rings. The lowest BCUT2D eigenvalue weighted by atomic mass is 10.1. The quantitative estimate of drug-likeness (QED) is 0.660. The van der Waals surface area contributed by atoms with Crippen LogP contribution in [-0.2, 0) is 4.79 Å². The van der Waals surface area contributed by atoms with Crippen molar-refractivity contribution in [2.24, 2.45) is 0 Å². The van der Waals surface area contributed by atoms with Crippen LogP contribution in [0, 0.1) is 0 Å². The Labute approximate surface area is 166 Å². The van der Waals surface area contributed by atoms with Crippen molar-refractivity contribution in [3.8, 4) is 5.75 Å². The fourth-order valence-corrected chi connectivity index (χ4v) is 2.96. The van der Waals surface area contributed by atoms with Crippen LogP contribution in [0.1, 0.15) is 10.4 Å². The van der Waals surface area contributed by atoms with Crippen molar-refractivity contribution in [1.29, 1.82) is 0 Å². The van der Waals surface area contributed by atoms with Gasteiger partial charge < -0.3 is 15.0 Å². The molecule has 0 aliphatic rings. The zero-order valence-corrected chi connectivity index (χ0v) is 16.6. The van der Waals surface area contributed by atoms with E-state index in [0.717, 1.165) is 15.2 Å². The fourth-order valence-electron chi connectivity index (χ4n) is 2.58. The lowest BCUT2D eigenvalue weighted by Crippen LogP contribution is -2.22. The molecule has 3 aromatic carbocycles. The Morgan fingerprint density at radius 3 is 2.33 bits per heavy atom. The van der Waals surface area contributed by atoms with Crippen LogP contribution in [0.2, 0.25) is 0 Å². The van der Waals surface area contributed by atoms with Gasteiger partial charge in [-0.1, -0.05) is 28.1 Å². The number of benzene rings is 3. The molecule has 0 bridgehead atoms. The largest absolute Gasteiger partial charge is 0.484 e. The molecule has 0 spiro atoms. The first-order chi connectivity index (χ1) is 12.9. The number of rotatable bonds is 5. The lowest BCUT2D eigenvalue weighted by Gasteiger charge is -2.11. The Hall–Kier alpha value is -2.86. The van der Waals surface area contributed by atoms with E-state index >= 15 is 0 Å². The van der Waals surface area contributed by atoms with Crippen LogP contribution in [0.15, 0.2) is 65.1 Å². The summed E-state index contributed by atoms with van der Waals surface area (Å²) in [6.07, 6.45) is 0. The minimum atomic E-state index is -0.266. The molecule has 1 N–H and O–H groups in total. The van der Waals surface area contributed by atoms with Gasteiger partial charge in [0.1, 0.15) is 5.75 Å². The maximum absolute atomic E-state index is 12.1. The van der Waals surface area contributed by atoms with E-state index < -0.39 is 0 Å². The molecular weight excluding hydrogens is 408 g/mol. The van der Waals surface area contributed by atoms with E-state index in [4.69, 9.17) is 4.74 Å². The number of hydrogen-bond donors (Lipinski definition) is 1. The minimum Gasteiger partial charge on any atom is -0.484 e. The molecule has 0 fully saturated rings. The highest BCUT2D eigenvalue weighted by Gasteiger charge is 2.09. The van der Waals surface area contributed by atoms with Crippen LogP contribution in [0.25, 0.3) is 10.8 Å². The molecule has 0 aromatic heterocycles. The summed E-state index contributed by atoms with van der Waals surface area (Å²) in [5.74, 6) is 0.282. The predicted molar refractivity (Wildman–Crippen MR) is 110 cm³/mol. The first-order valence-corrected chi connectivity index (χ1v) is 9.15. The molecule has 0 saturated carbocycles. The number of amides is 2. The Bertz CT molecular complexity index is 984. The van der Waals surface area contributed by atoms with Crippen LogP contribution in [0.5, 0.6) is 5.75 Å². The van der Waals surface area contributed by atoms with Crippen LogP contribution < -0.4 is 10.1 Å². The number of carbonyl (C=O) groups excluding carboxylic acids is 2. The smallest absolute Gasteiger partial charge is 0.262 e. The molecule has 0 atom stereocenters. The second-order valence-electron chi connectivity index (χ2n) is 6.27. The van der Waals surface area contributed by atoms with Crippen molar-refractivity contribution in [2.45, 2.75) is 0 Å². The third-order valence-electron chi connectivity index (χ3n) is 3.97. The summed E-state index contributed by atoms with van der Waals surface area (Å²) in [6.45, 7) is -0.0968. The van der Waals surface area contributed by atoms with Crippen molar-refractivity contribution in [3.63, 3.8) is 0 Å². The maximum atomic E-state index is 12.1. The van der Waals surface area contributed by atoms with Crippen molar-refractivity contribution in [3.05, 3.63) is 70.7 Å². The van der Waals surface area contributed by atoms with E-state index in [0.29, 0.717) is 17.0 Å². The second-order valence-corrected chi connectivity index (χ2v) is 7.18. The van der Waals surface area contributed by atoms with Gasteiger partial charge in [0.05, 0.1) is 0 Å². The molecular formula is C21H19BrN2O3. The Balaban J connectivity index is 1.58. The molecule has 0 aliphatic heterocycles. The van der Waals surface area contributed by atoms with Crippen molar-refractivity contribution >= 4 is 44.2 Å². The molecule has 138 valence electrons. The first kappa shape index (κ1) is 18.9. The third kappa shape index (κ3) is 4.86. The molecule has 0 aliphatic carbocycles. The standard InChI is InChI=1S/C21H19BrN2O3/c1-24(2)21(26)14-4-8-18(9-5-14)23-20(25)13-27-19-10-6-15-11-17(22)7-3-16(15)12-19/h3-12H,13H2,1-2H3,(H,23,25). The summed E-state index contributed by atoms with van der Waals surface area (Å²) < 4.78 is 6.60. The molecule has 27 heavy (non-hydrogen) atoms. The summed E-state index contributed by atoms with van der Waals surface area (Å²) in [5, 5.41) is 4.89. The normalized spacial score (nSPS) is 10.5. The lowest BCUT2D eigenvalue weighted by molar-refractivity contribution is -0.118. The van der Waals surface area contributed by atoms with Gasteiger partial charge >= 0.3 is 0 Å². The molecule has 0 heterocycles. The number of halogens is 1. The predicted octanol–water partition coefficient (Wildman–Crippen LogP) is 4.32. The summed E-state index contributed by atoms with van der Waals surface area (Å²) in [5.41, 5.74) is 1.18. The van der Waals surface area contributed by atoms with Gasteiger partial charge in [-0.05, 0) is 59.3 Å². The number of fused-ring (bicyclic) bond motifs is 1. The summed E-state index contributed by atoms with van der Waals surface area (Å²) in [4.78, 5) is 25.5. The van der Waals surface area contributed by atoms with Gasteiger partial charge in [0.2, 0.25) is 0 Å². The summed E-state index contributed by atoms with van der Waals surface area (Å²) in [6, 6.07) is 18.4. The molecule has 0 radical (unpaired) electrons. The minimum absolute atomic E-state index is 0.0838. The van der Waals surface area contributed by atoms with Crippen molar-refractivity contribution in [2.75, 3.05) is 26.0 Å². The van der Waals surface area contributed by atoms with Gasteiger partial charge in [-0.2, -0.15) is 0 Å². The van der Waals surface area contributed by atoms with Gasteiger partial charge in [-0.15, -0.1) is 0 Å². The molecule has 3 rings (SSSR count). The number of hydrogen-bond acceptors (Lipinski definition) is 3. The fraction of sp³-hybridized carbons (Fsp3) is 0.143. The molecule has 6 heteroatoms. The van der Waals surface area contributed by atoms with E-state index in [1.165, 1.54) is 4.90 Å². The van der Waals surface area contributed by atoms with E-state index in [-0.39, 0.29) is 18.4 Å². The molecule has 0 saturated heterocycles. The molecule has 0 unspecified atom stereocenters. The number of nitrogens with zero attached hydrogens (tertiary/aromatic N) is 1. The number of nitrogens with one attached hydrogen (secondary N) is 1. The average molecular weight is 427 g/mol. The van der Waals surface area contributed by atoms with E-state index in [1.807, 2.05) is 36.4 Å². The van der Waals surface area contributed by atoms with Crippen LogP contribution in [0.4, 0.5) is 5.69 Å². The SMILES string of the molecule is CN(C)C(=O)c1ccc(NC(=O)COc2ccc3cc(Br)ccc3c2)cc1. The Morgan fingerprint density at radius 1 is 0.963 bits per heavy atom. The highest BCUT2D eigenvalue weighted by molar-refractivity contribution is 9.10. The maximum Gasteiger partial charge on any atom is 0.262 e. The second kappa shape index (κ2) is 8.22. The molecule has 5 nitrogen and oxygen atoms in total. The molecule has 2 amide bonds. The van der Waals surface area contributed by atoms with Crippen LogP contribution >= 0.6 is 15.9 Å². The average Bonchev–Trinajstić information content (AvgIpc) is 2.66. The number of carbonyl (C=O) groups is 2. The number of ether oxygens (including phenoxy) is 1. The summed E-state index contributed by atoms with van der Waals surface area (Å²) in [7, 11) is 3.39. The van der Waals surface area contributed by atoms with Crippen molar-refractivity contribution < 1.29 is 14.3 Å². The number of anilines is 1. The van der Waals surface area contributed by atoms with Crippen molar-refractivity contribution in [1.82, 2.24) is 4.90 Å². The van der Waals surface area contributed by atoms with Gasteiger partial charge in [0, 0.05) is 29.8 Å². The third-order valence-corrected chi connectivity index (χ3v) is 4.46. The van der Waals surface area contributed by atoms with Gasteiger partial charge in [0.15, 0.2) is 6.61 Å². The van der Waals surface area contributed by atoms with Crippen LogP contribution in [0.3, 0.4) is 0 Å². The first-order valence-electron chi connectivity index (χ1n) is 8.36. The van der Waals surface area contributed by atoms with E-state index in [1.54, 1.807) is 38.4 Å². The highest BCUT2D eigenvalue weighted by atomic mass is 79.9. The van der Waals surface area contributed by atoms with E-state index in [2.05, 4.69) is 21.2 Å². The van der Waals surface area contributed by atoms with Gasteiger partial charge in [0.25, 0.3) is 11.8 Å². The van der Waals surface area contributed by atoms with Gasteiger partial charge in [-0.3, -0.25) is 9.59 Å².